The average molecular weight is 396 g/mol. The molecule has 0 atom stereocenters. The Kier molecular flexibility index (Phi) is 4.82. The van der Waals surface area contributed by atoms with Gasteiger partial charge in [0.15, 0.2) is 0 Å². The number of nitrogens with zero attached hydrogens (tertiary/aromatic N) is 3. The normalized spacial score (nSPS) is 14.3. The van der Waals surface area contributed by atoms with E-state index in [0.717, 1.165) is 6.07 Å². The number of imide groups is 4. The molecule has 27 heavy (non-hydrogen) atoms. The summed E-state index contributed by atoms with van der Waals surface area (Å²) in [4.78, 5) is 53.5. The summed E-state index contributed by atoms with van der Waals surface area (Å²) in [5.74, 6) is -4.22. The Hall–Kier alpha value is -3.40. The Labute approximate surface area is 154 Å². The predicted molar refractivity (Wildman–Crippen MR) is 86.4 cm³/mol. The lowest BCUT2D eigenvalue weighted by atomic mass is 10.2. The molecule has 1 aromatic heterocycles. The highest BCUT2D eigenvalue weighted by molar-refractivity contribution is 6.56. The second-order valence-electron chi connectivity index (χ2n) is 5.09. The molecule has 0 N–H and O–H groups in total. The van der Waals surface area contributed by atoms with Gasteiger partial charge in [-0.1, -0.05) is 17.7 Å². The number of hydrogen-bond acceptors (Lipinski definition) is 6. The summed E-state index contributed by atoms with van der Waals surface area (Å²) in [7, 11) is 0. The first-order chi connectivity index (χ1) is 12.8. The number of halogens is 3. The largest absolute Gasteiger partial charge is 0.435 e. The van der Waals surface area contributed by atoms with Gasteiger partial charge >= 0.3 is 24.5 Å². The first kappa shape index (κ1) is 18.4. The van der Waals surface area contributed by atoms with Crippen LogP contribution in [0, 0.1) is 0 Å². The Morgan fingerprint density at radius 2 is 1.85 bits per heavy atom. The summed E-state index contributed by atoms with van der Waals surface area (Å²) in [6, 6.07) is 5.88. The predicted octanol–water partition coefficient (Wildman–Crippen LogP) is 2.47. The van der Waals surface area contributed by atoms with Crippen molar-refractivity contribution >= 4 is 41.0 Å². The van der Waals surface area contributed by atoms with Crippen LogP contribution < -0.4 is 9.64 Å². The molecule has 2 aromatic rings. The van der Waals surface area contributed by atoms with E-state index < -0.39 is 30.4 Å². The molecule has 1 fully saturated rings. The third kappa shape index (κ3) is 3.34. The maximum atomic E-state index is 12.5. The smallest absolute Gasteiger partial charge is 0.387 e. The molecule has 2 heterocycles. The van der Waals surface area contributed by atoms with Gasteiger partial charge in [0.2, 0.25) is 0 Å². The summed E-state index contributed by atoms with van der Waals surface area (Å²) in [5, 5.41) is -0.263. The third-order valence-electron chi connectivity index (χ3n) is 3.47. The monoisotopic (exact) mass is 395 g/mol. The lowest BCUT2D eigenvalue weighted by molar-refractivity contribution is -0.138. The zero-order chi connectivity index (χ0) is 19.7. The number of ether oxygens (including phenoxy) is 1. The van der Waals surface area contributed by atoms with Crippen molar-refractivity contribution in [3.05, 3.63) is 53.3 Å². The number of pyridine rings is 1. The van der Waals surface area contributed by atoms with E-state index in [1.165, 1.54) is 36.5 Å². The van der Waals surface area contributed by atoms with Crippen molar-refractivity contribution in [3.8, 4) is 5.75 Å². The Morgan fingerprint density at radius 1 is 1.11 bits per heavy atom. The molecule has 0 unspecified atom stereocenters. The fourth-order valence-electron chi connectivity index (χ4n) is 2.34. The molecule has 0 saturated carbocycles. The number of alkyl halides is 2. The van der Waals surface area contributed by atoms with Gasteiger partial charge < -0.3 is 4.74 Å². The minimum Gasteiger partial charge on any atom is -0.435 e. The van der Waals surface area contributed by atoms with Crippen molar-refractivity contribution < 1.29 is 32.7 Å². The van der Waals surface area contributed by atoms with Gasteiger partial charge in [-0.2, -0.15) is 13.7 Å². The fourth-order valence-corrected chi connectivity index (χ4v) is 2.54. The molecule has 0 radical (unpaired) electrons. The molecule has 3 rings (SSSR count). The van der Waals surface area contributed by atoms with Crippen LogP contribution in [0.2, 0.25) is 5.15 Å². The number of aromatic nitrogens is 1. The SMILES string of the molecule is O=C1C(=O)N(c2cccc(OC(F)F)c2)C(=O)N1C(=O)c1cccnc1Cl. The fraction of sp³-hybridized carbons (Fsp3) is 0.0625. The molecule has 11 heteroatoms. The van der Waals surface area contributed by atoms with Crippen molar-refractivity contribution in [3.63, 3.8) is 0 Å². The highest BCUT2D eigenvalue weighted by atomic mass is 35.5. The van der Waals surface area contributed by atoms with Crippen LogP contribution in [0.1, 0.15) is 10.4 Å². The molecule has 0 spiro atoms. The van der Waals surface area contributed by atoms with Gasteiger partial charge in [-0.15, -0.1) is 0 Å². The van der Waals surface area contributed by atoms with E-state index in [2.05, 4.69) is 9.72 Å². The van der Waals surface area contributed by atoms with Crippen molar-refractivity contribution in [1.82, 2.24) is 9.88 Å². The van der Waals surface area contributed by atoms with Crippen LogP contribution in [0.15, 0.2) is 42.6 Å². The molecular formula is C16H8ClF2N3O5. The van der Waals surface area contributed by atoms with Gasteiger partial charge in [0, 0.05) is 12.3 Å². The van der Waals surface area contributed by atoms with E-state index in [9.17, 15) is 28.0 Å². The number of carbonyl (C=O) groups is 4. The summed E-state index contributed by atoms with van der Waals surface area (Å²) in [6.07, 6.45) is 1.29. The first-order valence-electron chi connectivity index (χ1n) is 7.23. The van der Waals surface area contributed by atoms with Crippen LogP contribution in [-0.2, 0) is 9.59 Å². The molecule has 1 aromatic carbocycles. The second kappa shape index (κ2) is 7.08. The Bertz CT molecular complexity index is 969. The van der Waals surface area contributed by atoms with Crippen molar-refractivity contribution in [2.75, 3.05) is 4.90 Å². The van der Waals surface area contributed by atoms with Gasteiger partial charge in [-0.05, 0) is 24.3 Å². The van der Waals surface area contributed by atoms with E-state index >= 15 is 0 Å². The number of hydrogen-bond donors (Lipinski definition) is 0. The summed E-state index contributed by atoms with van der Waals surface area (Å²) < 4.78 is 28.9. The van der Waals surface area contributed by atoms with Gasteiger partial charge in [0.1, 0.15) is 10.9 Å². The number of rotatable bonds is 4. The Morgan fingerprint density at radius 3 is 2.52 bits per heavy atom. The van der Waals surface area contributed by atoms with Crippen molar-refractivity contribution in [1.29, 1.82) is 0 Å². The zero-order valence-electron chi connectivity index (χ0n) is 13.1. The molecule has 138 valence electrons. The minimum atomic E-state index is -3.13. The molecule has 0 aliphatic carbocycles. The van der Waals surface area contributed by atoms with E-state index in [1.807, 2.05) is 0 Å². The lowest BCUT2D eigenvalue weighted by Crippen LogP contribution is -2.38. The summed E-state index contributed by atoms with van der Waals surface area (Å²) in [5.41, 5.74) is -0.477. The number of carbonyl (C=O) groups excluding carboxylic acids is 4. The molecule has 0 bridgehead atoms. The quantitative estimate of drug-likeness (QED) is 0.341. The van der Waals surface area contributed by atoms with Crippen LogP contribution in [-0.4, -0.2) is 40.2 Å². The maximum absolute atomic E-state index is 12.5. The van der Waals surface area contributed by atoms with Crippen molar-refractivity contribution in [2.24, 2.45) is 0 Å². The lowest BCUT2D eigenvalue weighted by Gasteiger charge is -2.15. The van der Waals surface area contributed by atoms with Crippen LogP contribution in [0.3, 0.4) is 0 Å². The number of benzene rings is 1. The topological polar surface area (TPSA) is 96.9 Å². The molecule has 8 nitrogen and oxygen atoms in total. The molecule has 1 aliphatic heterocycles. The number of urea groups is 1. The van der Waals surface area contributed by atoms with E-state index in [1.54, 1.807) is 0 Å². The molecule has 1 saturated heterocycles. The molecule has 5 amide bonds. The minimum absolute atomic E-state index is 0.103. The average Bonchev–Trinajstić information content (AvgIpc) is 2.83. The third-order valence-corrected chi connectivity index (χ3v) is 3.77. The highest BCUT2D eigenvalue weighted by Gasteiger charge is 2.49. The van der Waals surface area contributed by atoms with Crippen LogP contribution in [0.5, 0.6) is 5.75 Å². The molecule has 1 aliphatic rings. The number of amides is 5. The van der Waals surface area contributed by atoms with Gasteiger partial charge in [-0.3, -0.25) is 14.4 Å². The van der Waals surface area contributed by atoms with E-state index in [4.69, 9.17) is 11.6 Å². The highest BCUT2D eigenvalue weighted by Crippen LogP contribution is 2.28. The van der Waals surface area contributed by atoms with E-state index in [0.29, 0.717) is 4.90 Å². The standard InChI is InChI=1S/C16H8ClF2N3O5/c17-11-10(5-2-6-20-11)12(23)22-14(25)13(24)21(16(22)26)8-3-1-4-9(7-8)27-15(18)19/h1-7,15H. The van der Waals surface area contributed by atoms with Crippen molar-refractivity contribution in [2.45, 2.75) is 6.61 Å². The zero-order valence-corrected chi connectivity index (χ0v) is 13.9. The maximum Gasteiger partial charge on any atom is 0.387 e. The number of anilines is 1. The van der Waals surface area contributed by atoms with Gasteiger partial charge in [0.25, 0.3) is 5.91 Å². The molecular weight excluding hydrogens is 388 g/mol. The van der Waals surface area contributed by atoms with Gasteiger partial charge in [-0.25, -0.2) is 14.7 Å². The second-order valence-corrected chi connectivity index (χ2v) is 5.44. The van der Waals surface area contributed by atoms with Crippen LogP contribution in [0.25, 0.3) is 0 Å². The van der Waals surface area contributed by atoms with Crippen LogP contribution in [0.4, 0.5) is 19.3 Å². The Balaban J connectivity index is 1.96. The van der Waals surface area contributed by atoms with E-state index in [-0.39, 0.29) is 27.1 Å². The van der Waals surface area contributed by atoms with Crippen LogP contribution >= 0.6 is 11.6 Å². The van der Waals surface area contributed by atoms with Gasteiger partial charge in [0.05, 0.1) is 11.3 Å². The summed E-state index contributed by atoms with van der Waals surface area (Å²) >= 11 is 5.78. The first-order valence-corrected chi connectivity index (χ1v) is 7.61. The summed E-state index contributed by atoms with van der Waals surface area (Å²) in [6.45, 7) is -3.13.